The first-order chi connectivity index (χ1) is 8.74. The van der Waals surface area contributed by atoms with E-state index >= 15 is 0 Å². The number of imidazole rings is 1. The maximum Gasteiger partial charge on any atom is 0.321 e. The minimum absolute atomic E-state index is 0.309. The van der Waals surface area contributed by atoms with Crippen molar-refractivity contribution < 1.29 is 8.78 Å². The number of alkyl halides is 2. The van der Waals surface area contributed by atoms with Crippen LogP contribution in [0.25, 0.3) is 11.0 Å². The Morgan fingerprint density at radius 2 is 2.17 bits per heavy atom. The highest BCUT2D eigenvalue weighted by Gasteiger charge is 2.17. The maximum absolute atomic E-state index is 13.0. The topological polar surface area (TPSA) is 41.6 Å². The lowest BCUT2D eigenvalue weighted by atomic mass is 10.3. The number of thioether (sulfide) groups is 1. The third-order valence-electron chi connectivity index (χ3n) is 2.42. The van der Waals surface area contributed by atoms with Crippen LogP contribution in [0.4, 0.5) is 8.78 Å². The number of halogens is 2. The zero-order valence-electron chi connectivity index (χ0n) is 9.51. The maximum atomic E-state index is 13.0. The van der Waals surface area contributed by atoms with Crippen molar-refractivity contribution in [3.8, 4) is 6.07 Å². The molecule has 0 saturated carbocycles. The number of benzene rings is 1. The van der Waals surface area contributed by atoms with Gasteiger partial charge in [-0.2, -0.15) is 14.0 Å². The van der Waals surface area contributed by atoms with Crippen LogP contribution in [0.15, 0.2) is 29.4 Å². The van der Waals surface area contributed by atoms with Gasteiger partial charge in [0.2, 0.25) is 0 Å². The number of rotatable bonds is 5. The number of aromatic nitrogens is 2. The molecule has 0 unspecified atom stereocenters. The van der Waals surface area contributed by atoms with Crippen LogP contribution in [0.2, 0.25) is 0 Å². The van der Waals surface area contributed by atoms with Crippen molar-refractivity contribution in [3.63, 3.8) is 0 Å². The fourth-order valence-electron chi connectivity index (χ4n) is 1.63. The molecule has 3 nitrogen and oxygen atoms in total. The Bertz CT molecular complexity index is 574. The second kappa shape index (κ2) is 5.83. The van der Waals surface area contributed by atoms with Crippen molar-refractivity contribution in [2.45, 2.75) is 24.5 Å². The van der Waals surface area contributed by atoms with Gasteiger partial charge in [-0.1, -0.05) is 23.9 Å². The molecule has 0 atom stereocenters. The Morgan fingerprint density at radius 1 is 1.39 bits per heavy atom. The van der Waals surface area contributed by atoms with Crippen molar-refractivity contribution in [1.29, 1.82) is 5.26 Å². The van der Waals surface area contributed by atoms with Gasteiger partial charge in [0.25, 0.3) is 0 Å². The predicted molar refractivity (Wildman–Crippen MR) is 66.6 cm³/mol. The lowest BCUT2D eigenvalue weighted by Crippen LogP contribution is -2.00. The van der Waals surface area contributed by atoms with E-state index < -0.39 is 6.55 Å². The molecule has 0 spiro atoms. The molecule has 6 heteroatoms. The van der Waals surface area contributed by atoms with E-state index in [0.717, 1.165) is 4.57 Å². The molecule has 0 amide bonds. The van der Waals surface area contributed by atoms with Gasteiger partial charge < -0.3 is 0 Å². The standard InChI is InChI=1S/C12H11F2N3S/c13-11(14)17-10-6-2-1-5-9(10)16-12(17)18-8-4-3-7-15/h1-2,5-6,11H,3-4,8H2. The summed E-state index contributed by atoms with van der Waals surface area (Å²) < 4.78 is 27.0. The smallest absolute Gasteiger partial charge is 0.261 e. The third-order valence-corrected chi connectivity index (χ3v) is 3.46. The third kappa shape index (κ3) is 2.62. The summed E-state index contributed by atoms with van der Waals surface area (Å²) in [6.45, 7) is -2.60. The first-order valence-electron chi connectivity index (χ1n) is 5.49. The Labute approximate surface area is 107 Å². The molecule has 0 radical (unpaired) electrons. The van der Waals surface area contributed by atoms with Crippen LogP contribution in [0, 0.1) is 11.3 Å². The number of nitrogens with zero attached hydrogens (tertiary/aromatic N) is 3. The van der Waals surface area contributed by atoms with E-state index in [4.69, 9.17) is 5.26 Å². The van der Waals surface area contributed by atoms with Gasteiger partial charge in [-0.05, 0) is 18.6 Å². The second-order valence-electron chi connectivity index (χ2n) is 3.64. The molecule has 2 rings (SSSR count). The summed E-state index contributed by atoms with van der Waals surface area (Å²) >= 11 is 1.26. The highest BCUT2D eigenvalue weighted by molar-refractivity contribution is 7.99. The molecular formula is C12H11F2N3S. The molecule has 0 N–H and O–H groups in total. The van der Waals surface area contributed by atoms with E-state index in [1.165, 1.54) is 11.8 Å². The molecule has 0 aliphatic carbocycles. The van der Waals surface area contributed by atoms with Gasteiger partial charge in [-0.3, -0.25) is 4.57 Å². The van der Waals surface area contributed by atoms with E-state index in [-0.39, 0.29) is 0 Å². The zero-order valence-corrected chi connectivity index (χ0v) is 10.3. The fourth-order valence-corrected chi connectivity index (χ4v) is 2.58. The van der Waals surface area contributed by atoms with Crippen LogP contribution in [-0.2, 0) is 0 Å². The lowest BCUT2D eigenvalue weighted by Gasteiger charge is -2.06. The first-order valence-corrected chi connectivity index (χ1v) is 6.47. The van der Waals surface area contributed by atoms with Gasteiger partial charge in [0, 0.05) is 12.2 Å². The van der Waals surface area contributed by atoms with Crippen molar-refractivity contribution in [2.75, 3.05) is 5.75 Å². The first kappa shape index (κ1) is 12.8. The summed E-state index contributed by atoms with van der Waals surface area (Å²) in [5.41, 5.74) is 1.01. The molecule has 0 bridgehead atoms. The van der Waals surface area contributed by atoms with Gasteiger partial charge in [0.15, 0.2) is 5.16 Å². The summed E-state index contributed by atoms with van der Waals surface area (Å²) in [5, 5.41) is 8.73. The predicted octanol–water partition coefficient (Wildman–Crippen LogP) is 3.83. The molecule has 0 aliphatic rings. The monoisotopic (exact) mass is 267 g/mol. The highest BCUT2D eigenvalue weighted by atomic mass is 32.2. The normalized spacial score (nSPS) is 11.0. The van der Waals surface area contributed by atoms with Gasteiger partial charge in [0.1, 0.15) is 0 Å². The summed E-state index contributed by atoms with van der Waals surface area (Å²) in [6, 6.07) is 8.87. The van der Waals surface area contributed by atoms with E-state index in [1.54, 1.807) is 24.3 Å². The van der Waals surface area contributed by atoms with E-state index in [9.17, 15) is 8.78 Å². The number of para-hydroxylation sites is 2. The molecule has 1 heterocycles. The highest BCUT2D eigenvalue weighted by Crippen LogP contribution is 2.29. The quantitative estimate of drug-likeness (QED) is 0.610. The number of nitriles is 1. The summed E-state index contributed by atoms with van der Waals surface area (Å²) in [4.78, 5) is 4.19. The lowest BCUT2D eigenvalue weighted by molar-refractivity contribution is 0.0656. The minimum atomic E-state index is -2.60. The van der Waals surface area contributed by atoms with Crippen molar-refractivity contribution in [2.24, 2.45) is 0 Å². The molecule has 18 heavy (non-hydrogen) atoms. The molecule has 1 aromatic heterocycles. The van der Waals surface area contributed by atoms with Crippen molar-refractivity contribution in [1.82, 2.24) is 9.55 Å². The molecule has 94 valence electrons. The molecule has 0 saturated heterocycles. The average Bonchev–Trinajstić information content (AvgIpc) is 2.73. The van der Waals surface area contributed by atoms with Crippen LogP contribution in [0.3, 0.4) is 0 Å². The number of hydrogen-bond donors (Lipinski definition) is 0. The fraction of sp³-hybridized carbons (Fsp3) is 0.333. The number of hydrogen-bond acceptors (Lipinski definition) is 3. The Morgan fingerprint density at radius 3 is 2.89 bits per heavy atom. The Kier molecular flexibility index (Phi) is 4.15. The van der Waals surface area contributed by atoms with Crippen LogP contribution in [0.5, 0.6) is 0 Å². The van der Waals surface area contributed by atoms with Crippen LogP contribution in [0.1, 0.15) is 19.4 Å². The SMILES string of the molecule is N#CCCCSc1nc2ccccc2n1C(F)F. The molecule has 1 aromatic carbocycles. The van der Waals surface area contributed by atoms with Gasteiger partial charge in [-0.15, -0.1) is 0 Å². The molecular weight excluding hydrogens is 256 g/mol. The van der Waals surface area contributed by atoms with Crippen LogP contribution >= 0.6 is 11.8 Å². The van der Waals surface area contributed by atoms with Gasteiger partial charge in [0.05, 0.1) is 17.1 Å². The molecule has 0 fully saturated rings. The average molecular weight is 267 g/mol. The van der Waals surface area contributed by atoms with Gasteiger partial charge in [-0.25, -0.2) is 4.98 Å². The largest absolute Gasteiger partial charge is 0.321 e. The number of fused-ring (bicyclic) bond motifs is 1. The van der Waals surface area contributed by atoms with Crippen LogP contribution < -0.4 is 0 Å². The van der Waals surface area contributed by atoms with E-state index in [1.807, 2.05) is 6.07 Å². The second-order valence-corrected chi connectivity index (χ2v) is 4.70. The molecule has 2 aromatic rings. The molecule has 0 aliphatic heterocycles. The number of unbranched alkanes of at least 4 members (excludes halogenated alkanes) is 1. The summed E-state index contributed by atoms with van der Waals surface area (Å²) in [7, 11) is 0. The van der Waals surface area contributed by atoms with Gasteiger partial charge >= 0.3 is 6.55 Å². The summed E-state index contributed by atoms with van der Waals surface area (Å²) in [6.07, 6.45) is 1.11. The Hall–Kier alpha value is -1.61. The van der Waals surface area contributed by atoms with Crippen LogP contribution in [-0.4, -0.2) is 15.3 Å². The zero-order chi connectivity index (χ0) is 13.0. The van der Waals surface area contributed by atoms with Crippen molar-refractivity contribution in [3.05, 3.63) is 24.3 Å². The Balaban J connectivity index is 2.26. The van der Waals surface area contributed by atoms with E-state index in [2.05, 4.69) is 4.98 Å². The summed E-state index contributed by atoms with van der Waals surface area (Å²) in [5.74, 6) is 0.615. The van der Waals surface area contributed by atoms with E-state index in [0.29, 0.717) is 34.8 Å². The van der Waals surface area contributed by atoms with Crippen molar-refractivity contribution >= 4 is 22.8 Å². The minimum Gasteiger partial charge on any atom is -0.261 e.